The molecule has 0 saturated carbocycles. The van der Waals surface area contributed by atoms with Gasteiger partial charge >= 0.3 is 11.9 Å². The van der Waals surface area contributed by atoms with E-state index in [1.165, 1.54) is 37.3 Å². The van der Waals surface area contributed by atoms with Gasteiger partial charge in [-0.25, -0.2) is 9.48 Å². The summed E-state index contributed by atoms with van der Waals surface area (Å²) in [5, 5.41) is 13.0. The van der Waals surface area contributed by atoms with Gasteiger partial charge in [-0.1, -0.05) is 6.07 Å². The molecule has 4 aromatic rings. The van der Waals surface area contributed by atoms with Crippen molar-refractivity contribution in [2.24, 2.45) is 7.05 Å². The topological polar surface area (TPSA) is 140 Å². The van der Waals surface area contributed by atoms with Crippen LogP contribution in [0, 0.1) is 18.3 Å². The summed E-state index contributed by atoms with van der Waals surface area (Å²) in [4.78, 5) is 25.5. The summed E-state index contributed by atoms with van der Waals surface area (Å²) in [6, 6.07) is 11.4. The smallest absolute Gasteiger partial charge is 0.282 e. The molecule has 10 nitrogen and oxygen atoms in total. The maximum atomic E-state index is 13.3. The van der Waals surface area contributed by atoms with Crippen LogP contribution in [-0.2, 0) is 23.3 Å². The predicted molar refractivity (Wildman–Crippen MR) is 124 cm³/mol. The van der Waals surface area contributed by atoms with Crippen molar-refractivity contribution in [1.29, 1.82) is 5.26 Å². The molecule has 2 aromatic carbocycles. The Morgan fingerprint density at radius 2 is 1.70 bits per heavy atom. The number of hydrogen-bond acceptors (Lipinski definition) is 6. The van der Waals surface area contributed by atoms with Crippen LogP contribution in [0.2, 0.25) is 0 Å². The van der Waals surface area contributed by atoms with Crippen LogP contribution >= 0.6 is 0 Å². The molecule has 1 N–H and O–H groups in total. The number of aromatic nitrogens is 4. The zero-order valence-electron chi connectivity index (χ0n) is 19.1. The van der Waals surface area contributed by atoms with E-state index in [9.17, 15) is 35.7 Å². The van der Waals surface area contributed by atoms with Gasteiger partial charge in [0.1, 0.15) is 10.6 Å². The zero-order valence-corrected chi connectivity index (χ0v) is 19.9. The molecule has 0 amide bonds. The molecule has 0 unspecified atom stereocenters. The fourth-order valence-corrected chi connectivity index (χ4v) is 4.45. The number of benzene rings is 2. The number of nitrogens with zero attached hydrogens (tertiary/aromatic N) is 5. The molecular weight excluding hydrogens is 515 g/mol. The first-order chi connectivity index (χ1) is 17.3. The minimum atomic E-state index is -4.96. The molecule has 0 aliphatic rings. The highest BCUT2D eigenvalue weighted by atomic mass is 32.2. The number of nitriles is 1. The van der Waals surface area contributed by atoms with Crippen molar-refractivity contribution < 1.29 is 26.1 Å². The Balaban J connectivity index is 2.12. The van der Waals surface area contributed by atoms with Crippen LogP contribution in [0.1, 0.15) is 16.8 Å². The van der Waals surface area contributed by atoms with E-state index in [0.717, 1.165) is 34.6 Å². The van der Waals surface area contributed by atoms with Crippen molar-refractivity contribution >= 4 is 10.1 Å². The Morgan fingerprint density at radius 1 is 1.05 bits per heavy atom. The molecule has 2 heterocycles. The SMILES string of the molecule is Cc1c(-c2c(S(=O)(=O)O)cnn2-c2ccc(C#N)cc2)c(=O)n(C)c(=O)n1-c1cccc(C(F)(F)F)c1. The second-order valence-electron chi connectivity index (χ2n) is 7.89. The van der Waals surface area contributed by atoms with Crippen LogP contribution in [0.5, 0.6) is 0 Å². The third-order valence-corrected chi connectivity index (χ3v) is 6.47. The Morgan fingerprint density at radius 3 is 2.27 bits per heavy atom. The third kappa shape index (κ3) is 4.46. The van der Waals surface area contributed by atoms with Crippen LogP contribution in [0.3, 0.4) is 0 Å². The van der Waals surface area contributed by atoms with Crippen molar-refractivity contribution in [3.05, 3.63) is 92.4 Å². The highest BCUT2D eigenvalue weighted by Gasteiger charge is 2.32. The van der Waals surface area contributed by atoms with Gasteiger partial charge in [-0.2, -0.15) is 31.9 Å². The fourth-order valence-electron chi connectivity index (χ4n) is 3.84. The Hall–Kier alpha value is -4.48. The molecule has 0 fully saturated rings. The summed E-state index contributed by atoms with van der Waals surface area (Å²) in [7, 11) is -3.88. The van der Waals surface area contributed by atoms with Gasteiger partial charge in [0, 0.05) is 12.7 Å². The van der Waals surface area contributed by atoms with Crippen LogP contribution in [0.4, 0.5) is 13.2 Å². The average Bonchev–Trinajstić information content (AvgIpc) is 3.28. The summed E-state index contributed by atoms with van der Waals surface area (Å²) in [6.07, 6.45) is -3.93. The Kier molecular flexibility index (Phi) is 6.14. The van der Waals surface area contributed by atoms with Crippen LogP contribution in [-0.4, -0.2) is 31.9 Å². The second kappa shape index (κ2) is 8.87. The summed E-state index contributed by atoms with van der Waals surface area (Å²) >= 11 is 0. The minimum Gasteiger partial charge on any atom is -0.282 e. The number of halogens is 3. The highest BCUT2D eigenvalue weighted by Crippen LogP contribution is 2.32. The predicted octanol–water partition coefficient (Wildman–Crippen LogP) is 2.83. The maximum Gasteiger partial charge on any atom is 0.416 e. The molecule has 0 aliphatic carbocycles. The van der Waals surface area contributed by atoms with E-state index in [-0.39, 0.29) is 22.6 Å². The largest absolute Gasteiger partial charge is 0.416 e. The van der Waals surface area contributed by atoms with Gasteiger partial charge in [0.2, 0.25) is 0 Å². The quantitative estimate of drug-likeness (QED) is 0.400. The zero-order chi connectivity index (χ0) is 27.3. The van der Waals surface area contributed by atoms with Crippen molar-refractivity contribution in [3.8, 4) is 28.7 Å². The minimum absolute atomic E-state index is 0.196. The molecule has 2 aromatic heterocycles. The van der Waals surface area contributed by atoms with Gasteiger partial charge in [-0.3, -0.25) is 18.5 Å². The first kappa shape index (κ1) is 25.6. The molecule has 14 heteroatoms. The summed E-state index contributed by atoms with van der Waals surface area (Å²) in [6.45, 7) is 1.25. The van der Waals surface area contributed by atoms with Gasteiger partial charge in [0.15, 0.2) is 0 Å². The summed E-state index contributed by atoms with van der Waals surface area (Å²) in [5.74, 6) is 0. The van der Waals surface area contributed by atoms with Crippen LogP contribution < -0.4 is 11.2 Å². The van der Waals surface area contributed by atoms with Crippen molar-refractivity contribution in [2.75, 3.05) is 0 Å². The molecule has 37 heavy (non-hydrogen) atoms. The molecule has 0 spiro atoms. The third-order valence-electron chi connectivity index (χ3n) is 5.62. The average molecular weight is 531 g/mol. The monoisotopic (exact) mass is 531 g/mol. The van der Waals surface area contributed by atoms with E-state index in [1.54, 1.807) is 0 Å². The van der Waals surface area contributed by atoms with E-state index in [1.807, 2.05) is 6.07 Å². The van der Waals surface area contributed by atoms with Gasteiger partial charge in [0.25, 0.3) is 15.7 Å². The first-order valence-electron chi connectivity index (χ1n) is 10.3. The van der Waals surface area contributed by atoms with Crippen LogP contribution in [0.15, 0.2) is 69.2 Å². The first-order valence-corrected chi connectivity index (χ1v) is 11.8. The molecule has 0 bridgehead atoms. The van der Waals surface area contributed by atoms with E-state index in [2.05, 4.69) is 5.10 Å². The van der Waals surface area contributed by atoms with Crippen molar-refractivity contribution in [3.63, 3.8) is 0 Å². The van der Waals surface area contributed by atoms with Crippen molar-refractivity contribution in [1.82, 2.24) is 18.9 Å². The lowest BCUT2D eigenvalue weighted by molar-refractivity contribution is -0.137. The maximum absolute atomic E-state index is 13.3. The molecule has 4 rings (SSSR count). The number of hydrogen-bond donors (Lipinski definition) is 1. The van der Waals surface area contributed by atoms with Crippen LogP contribution in [0.25, 0.3) is 22.6 Å². The normalized spacial score (nSPS) is 11.9. The Bertz CT molecular complexity index is 1810. The van der Waals surface area contributed by atoms with E-state index in [4.69, 9.17) is 5.26 Å². The molecular formula is C23H16F3N5O5S. The fraction of sp³-hybridized carbons (Fsp3) is 0.130. The highest BCUT2D eigenvalue weighted by molar-refractivity contribution is 7.86. The molecule has 0 radical (unpaired) electrons. The molecule has 190 valence electrons. The van der Waals surface area contributed by atoms with Crippen molar-refractivity contribution in [2.45, 2.75) is 18.0 Å². The molecule has 0 atom stereocenters. The lowest BCUT2D eigenvalue weighted by Crippen LogP contribution is -2.40. The number of rotatable bonds is 4. The lowest BCUT2D eigenvalue weighted by Gasteiger charge is -2.18. The second-order valence-corrected chi connectivity index (χ2v) is 9.28. The Labute approximate surface area is 206 Å². The molecule has 0 aliphatic heterocycles. The standard InChI is InChI=1S/C23H16F3N5O5S/c1-13-19(20-18(37(34,35)36)12-28-31(20)16-8-6-14(11-27)7-9-16)21(32)29(2)22(33)30(13)17-5-3-4-15(10-17)23(24,25)26/h3-10,12H,1-2H3,(H,34,35,36). The van der Waals surface area contributed by atoms with E-state index >= 15 is 0 Å². The van der Waals surface area contributed by atoms with Gasteiger partial charge in [-0.05, 0) is 49.4 Å². The van der Waals surface area contributed by atoms with E-state index in [0.29, 0.717) is 10.6 Å². The number of alkyl halides is 3. The molecule has 0 saturated heterocycles. The van der Waals surface area contributed by atoms with Gasteiger partial charge in [0.05, 0.1) is 40.3 Å². The van der Waals surface area contributed by atoms with E-state index < -0.39 is 49.3 Å². The van der Waals surface area contributed by atoms with Gasteiger partial charge < -0.3 is 0 Å². The van der Waals surface area contributed by atoms with Gasteiger partial charge in [-0.15, -0.1) is 0 Å². The summed E-state index contributed by atoms with van der Waals surface area (Å²) < 4.78 is 76.8. The lowest BCUT2D eigenvalue weighted by atomic mass is 10.1. The summed E-state index contributed by atoms with van der Waals surface area (Å²) in [5.41, 5.74) is -3.80.